The Morgan fingerprint density at radius 2 is 1.08 bits per heavy atom. The first kappa shape index (κ1) is 55.2. The van der Waals surface area contributed by atoms with Crippen LogP contribution in [0.4, 0.5) is 0 Å². The number of carbonyl (C=O) groups excluding carboxylic acids is 3. The molecule has 22 atom stereocenters. The summed E-state index contributed by atoms with van der Waals surface area (Å²) >= 11 is 0. The van der Waals surface area contributed by atoms with Crippen molar-refractivity contribution in [3.05, 3.63) is 0 Å². The fourth-order valence-electron chi connectivity index (χ4n) is 8.29. The maximum Gasteiger partial charge on any atom is 0.364 e. The van der Waals surface area contributed by atoms with Crippen LogP contribution in [-0.2, 0) is 57.1 Å². The zero-order valence-electron chi connectivity index (χ0n) is 35.9. The van der Waals surface area contributed by atoms with Gasteiger partial charge in [-0.2, -0.15) is 0 Å². The molecule has 0 aromatic carbocycles. The van der Waals surface area contributed by atoms with E-state index in [0.29, 0.717) is 0 Å². The van der Waals surface area contributed by atoms with Gasteiger partial charge in [-0.3, -0.25) is 14.4 Å². The highest BCUT2D eigenvalue weighted by molar-refractivity contribution is 5.77. The zero-order chi connectivity index (χ0) is 49.7. The molecule has 0 radical (unpaired) electrons. The lowest BCUT2D eigenvalue weighted by Gasteiger charge is -2.51. The predicted molar refractivity (Wildman–Crippen MR) is 207 cm³/mol. The van der Waals surface area contributed by atoms with Crippen molar-refractivity contribution in [1.29, 1.82) is 0 Å². The maximum absolute atomic E-state index is 12.9. The number of carboxylic acid groups (broad SMARTS) is 2. The lowest BCUT2D eigenvalue weighted by Crippen LogP contribution is -2.71. The molecule has 4 heterocycles. The SMILES string of the molecule is CC(=O)NC1C(O[C@@H]2OC(CO)[C@H](O)C(O[C@]3(C(=O)O)CC(O)[C@@H](NC(C)=O)C([C@H](O)[C@H](O)CO)O3)C2O)[C@@H](O)C(CO[C@]2(C(=O)O)CC(O)[C@@H](NC(C)=O)C([C@H](O)[C@H](O)CO)O2)O[C@@H]1C. The molecule has 4 fully saturated rings. The standard InChI is InChI=1S/C37H61N3O26/c1-11-21(38-12(2)44)29(27(54)20(61-11)10-60-36(34(56)57)5-15(47)22(39-13(3)45)30(64-36)24(51)17(49)7-41)63-33-28(55)32(26(53)19(9-43)62-33)66-37(35(58)59)6-16(48)23(40-14(4)46)31(65-37)25(52)18(50)8-42/h11,15-33,41-43,47-55H,5-10H2,1-4H3,(H,38,44)(H,39,45)(H,40,46)(H,56,57)(H,58,59)/t11-,15?,16?,17-,18-,19?,20?,21?,22-,23-,24-,25-,26+,27+,28?,29?,30?,31?,32?,33+,36-,37+/m1/s1. The summed E-state index contributed by atoms with van der Waals surface area (Å²) in [6, 6.07) is -4.56. The van der Waals surface area contributed by atoms with Crippen LogP contribution in [0, 0.1) is 0 Å². The Kier molecular flexibility index (Phi) is 19.1. The van der Waals surface area contributed by atoms with Gasteiger partial charge in [0.1, 0.15) is 79.4 Å². The maximum atomic E-state index is 12.9. The first-order valence-corrected chi connectivity index (χ1v) is 20.7. The first-order valence-electron chi connectivity index (χ1n) is 20.7. The Labute approximate surface area is 374 Å². The molecule has 3 amide bonds. The van der Waals surface area contributed by atoms with Crippen molar-refractivity contribution in [2.75, 3.05) is 26.4 Å². The summed E-state index contributed by atoms with van der Waals surface area (Å²) in [6.07, 6.45) is -35.6. The molecule has 380 valence electrons. The van der Waals surface area contributed by atoms with Gasteiger partial charge in [0, 0.05) is 33.6 Å². The Morgan fingerprint density at radius 3 is 1.52 bits per heavy atom. The summed E-state index contributed by atoms with van der Waals surface area (Å²) in [5.41, 5.74) is 0. The highest BCUT2D eigenvalue weighted by atomic mass is 16.8. The number of aliphatic hydroxyl groups excluding tert-OH is 12. The van der Waals surface area contributed by atoms with E-state index in [1.165, 1.54) is 6.92 Å². The summed E-state index contributed by atoms with van der Waals surface area (Å²) < 4.78 is 40.0. The molecule has 17 N–H and O–H groups in total. The van der Waals surface area contributed by atoms with Crippen molar-refractivity contribution in [3.8, 4) is 0 Å². The van der Waals surface area contributed by atoms with E-state index in [0.717, 1.165) is 20.8 Å². The van der Waals surface area contributed by atoms with Gasteiger partial charge in [0.15, 0.2) is 6.29 Å². The van der Waals surface area contributed by atoms with Crippen molar-refractivity contribution in [3.63, 3.8) is 0 Å². The summed E-state index contributed by atoms with van der Waals surface area (Å²) in [6.45, 7) is 0.229. The fraction of sp³-hybridized carbons (Fsp3) is 0.865. The van der Waals surface area contributed by atoms with Gasteiger partial charge < -0.3 is 121 Å². The lowest BCUT2D eigenvalue weighted by atomic mass is 9.88. The lowest BCUT2D eigenvalue weighted by molar-refractivity contribution is -0.378. The van der Waals surface area contributed by atoms with Crippen molar-refractivity contribution >= 4 is 29.7 Å². The number of hydrogen-bond donors (Lipinski definition) is 17. The molecule has 29 nitrogen and oxygen atoms in total. The Bertz CT molecular complexity index is 1680. The van der Waals surface area contributed by atoms with Crippen LogP contribution in [0.5, 0.6) is 0 Å². The molecule has 29 heteroatoms. The molecule has 10 unspecified atom stereocenters. The Morgan fingerprint density at radius 1 is 0.636 bits per heavy atom. The molecule has 4 aliphatic rings. The quantitative estimate of drug-likeness (QED) is 0.0571. The van der Waals surface area contributed by atoms with Gasteiger partial charge in [-0.15, -0.1) is 0 Å². The third-order valence-corrected chi connectivity index (χ3v) is 11.6. The minimum atomic E-state index is -3.15. The van der Waals surface area contributed by atoms with E-state index < -0.39 is 203 Å². The van der Waals surface area contributed by atoms with Crippen LogP contribution in [0.1, 0.15) is 40.5 Å². The zero-order valence-corrected chi connectivity index (χ0v) is 35.9. The number of ether oxygens (including phenoxy) is 7. The van der Waals surface area contributed by atoms with Crippen LogP contribution in [0.3, 0.4) is 0 Å². The number of aliphatic hydroxyl groups is 12. The molecular weight excluding hydrogens is 902 g/mol. The largest absolute Gasteiger partial charge is 0.477 e. The molecule has 4 rings (SSSR count). The molecule has 0 bridgehead atoms. The van der Waals surface area contributed by atoms with Gasteiger partial charge in [-0.05, 0) is 6.92 Å². The van der Waals surface area contributed by atoms with Crippen LogP contribution in [0.2, 0.25) is 0 Å². The normalized spacial score (nSPS) is 41.4. The van der Waals surface area contributed by atoms with E-state index in [4.69, 9.17) is 33.2 Å². The number of hydrogen-bond acceptors (Lipinski definition) is 24. The molecule has 0 aliphatic carbocycles. The third kappa shape index (κ3) is 12.1. The monoisotopic (exact) mass is 963 g/mol. The van der Waals surface area contributed by atoms with E-state index in [9.17, 15) is 95.5 Å². The average Bonchev–Trinajstić information content (AvgIpc) is 3.24. The second-order valence-electron chi connectivity index (χ2n) is 16.6. The number of nitrogens with one attached hydrogen (secondary N) is 3. The Balaban J connectivity index is 1.66. The summed E-state index contributed by atoms with van der Waals surface area (Å²) in [7, 11) is 0. The van der Waals surface area contributed by atoms with E-state index in [1.807, 2.05) is 0 Å². The highest BCUT2D eigenvalue weighted by Crippen LogP contribution is 2.39. The van der Waals surface area contributed by atoms with E-state index >= 15 is 0 Å². The minimum Gasteiger partial charge on any atom is -0.477 e. The van der Waals surface area contributed by atoms with Crippen LogP contribution in [-0.4, -0.2) is 261 Å². The molecule has 66 heavy (non-hydrogen) atoms. The van der Waals surface area contributed by atoms with Gasteiger partial charge in [0.2, 0.25) is 17.7 Å². The average molecular weight is 964 g/mol. The van der Waals surface area contributed by atoms with E-state index in [1.54, 1.807) is 0 Å². The van der Waals surface area contributed by atoms with Crippen LogP contribution in [0.25, 0.3) is 0 Å². The number of aliphatic carboxylic acids is 2. The molecule has 4 aliphatic heterocycles. The topological polar surface area (TPSA) is 469 Å². The van der Waals surface area contributed by atoms with E-state index in [-0.39, 0.29) is 0 Å². The van der Waals surface area contributed by atoms with Gasteiger partial charge in [0.05, 0.1) is 62.9 Å². The molecule has 0 saturated carbocycles. The van der Waals surface area contributed by atoms with Gasteiger partial charge in [0.25, 0.3) is 11.6 Å². The molecular formula is C37H61N3O26. The minimum absolute atomic E-state index is 0.726. The highest BCUT2D eigenvalue weighted by Gasteiger charge is 2.61. The summed E-state index contributed by atoms with van der Waals surface area (Å²) in [5, 5.41) is 156. The van der Waals surface area contributed by atoms with Gasteiger partial charge in [-0.25, -0.2) is 9.59 Å². The van der Waals surface area contributed by atoms with Crippen LogP contribution >= 0.6 is 0 Å². The van der Waals surface area contributed by atoms with Gasteiger partial charge in [-0.1, -0.05) is 0 Å². The second kappa shape index (κ2) is 22.8. The van der Waals surface area contributed by atoms with Crippen molar-refractivity contribution < 1.29 is 129 Å². The number of amides is 3. The third-order valence-electron chi connectivity index (χ3n) is 11.6. The second-order valence-corrected chi connectivity index (χ2v) is 16.6. The van der Waals surface area contributed by atoms with Crippen LogP contribution in [0.15, 0.2) is 0 Å². The predicted octanol–water partition coefficient (Wildman–Crippen LogP) is -9.84. The molecule has 0 spiro atoms. The van der Waals surface area contributed by atoms with Crippen molar-refractivity contribution in [2.24, 2.45) is 0 Å². The molecule has 0 aromatic rings. The van der Waals surface area contributed by atoms with Crippen molar-refractivity contribution in [1.82, 2.24) is 16.0 Å². The van der Waals surface area contributed by atoms with Crippen LogP contribution < -0.4 is 16.0 Å². The molecule has 0 aromatic heterocycles. The first-order chi connectivity index (χ1) is 30.8. The van der Waals surface area contributed by atoms with Gasteiger partial charge >= 0.3 is 11.9 Å². The van der Waals surface area contributed by atoms with E-state index in [2.05, 4.69) is 16.0 Å². The molecule has 4 saturated heterocycles. The Hall–Kier alpha value is -3.41. The smallest absolute Gasteiger partial charge is 0.364 e. The number of rotatable bonds is 19. The summed E-state index contributed by atoms with van der Waals surface area (Å²) in [4.78, 5) is 62.0. The fourth-order valence-corrected chi connectivity index (χ4v) is 8.29. The summed E-state index contributed by atoms with van der Waals surface area (Å²) in [5.74, 6) is -12.3. The number of carbonyl (C=O) groups is 5. The number of carboxylic acids is 2. The van der Waals surface area contributed by atoms with Crippen molar-refractivity contribution in [2.45, 2.75) is 174 Å².